The third-order valence-corrected chi connectivity index (χ3v) is 2.65. The zero-order valence-corrected chi connectivity index (χ0v) is 9.41. The van der Waals surface area contributed by atoms with Crippen LogP contribution < -0.4 is 0 Å². The maximum atomic E-state index is 11.7. The van der Waals surface area contributed by atoms with E-state index in [1.807, 2.05) is 20.9 Å². The van der Waals surface area contributed by atoms with Crippen LogP contribution in [-0.4, -0.2) is 23.8 Å². The number of azo groups is 2. The summed E-state index contributed by atoms with van der Waals surface area (Å²) >= 11 is 0. The van der Waals surface area contributed by atoms with E-state index in [1.165, 1.54) is 5.70 Å². The zero-order chi connectivity index (χ0) is 11.0. The number of carbonyl (C=O) groups is 1. The molecule has 0 spiro atoms. The van der Waals surface area contributed by atoms with Crippen LogP contribution in [0.1, 0.15) is 33.1 Å². The maximum absolute atomic E-state index is 11.7. The highest BCUT2D eigenvalue weighted by Gasteiger charge is 2.43. The minimum Gasteiger partial charge on any atom is -0.461 e. The van der Waals surface area contributed by atoms with Gasteiger partial charge in [-0.05, 0) is 31.8 Å². The average Bonchev–Trinajstić information content (AvgIpc) is 2.68. The molecule has 0 aromatic carbocycles. The largest absolute Gasteiger partial charge is 0.461 e. The fourth-order valence-corrected chi connectivity index (χ4v) is 2.04. The summed E-state index contributed by atoms with van der Waals surface area (Å²) < 4.78 is 6.96. The van der Waals surface area contributed by atoms with Crippen molar-refractivity contribution in [2.24, 2.45) is 5.11 Å². The van der Waals surface area contributed by atoms with Crippen molar-refractivity contribution in [3.05, 3.63) is 17.3 Å². The van der Waals surface area contributed by atoms with Crippen molar-refractivity contribution in [3.8, 4) is 0 Å². The van der Waals surface area contributed by atoms with Crippen LogP contribution in [0.25, 0.3) is 0 Å². The van der Waals surface area contributed by atoms with Crippen LogP contribution >= 0.6 is 0 Å². The van der Waals surface area contributed by atoms with Crippen molar-refractivity contribution in [3.63, 3.8) is 0 Å². The molecule has 0 bridgehead atoms. The van der Waals surface area contributed by atoms with Gasteiger partial charge in [0.1, 0.15) is 0 Å². The van der Waals surface area contributed by atoms with Gasteiger partial charge in [-0.1, -0.05) is 4.70 Å². The van der Waals surface area contributed by atoms with E-state index in [0.29, 0.717) is 6.04 Å². The monoisotopic (exact) mass is 208 g/mol. The molecule has 0 N–H and O–H groups in total. The number of esters is 1. The number of rotatable bonds is 2. The lowest BCUT2D eigenvalue weighted by molar-refractivity contribution is -0.511. The Balaban J connectivity index is 2.15. The third-order valence-electron chi connectivity index (χ3n) is 2.65. The first-order valence-corrected chi connectivity index (χ1v) is 5.35. The molecule has 15 heavy (non-hydrogen) atoms. The Labute approximate surface area is 89.6 Å². The van der Waals surface area contributed by atoms with Gasteiger partial charge in [0, 0.05) is 12.0 Å². The SMILES string of the molecule is CC(C)OC(=O)[C]1N=[N+](C)C2=C1CCC2. The van der Waals surface area contributed by atoms with E-state index in [4.69, 9.17) is 4.74 Å². The molecule has 0 unspecified atom stereocenters. The lowest BCUT2D eigenvalue weighted by Gasteiger charge is -2.08. The lowest BCUT2D eigenvalue weighted by atomic mass is 10.1. The summed E-state index contributed by atoms with van der Waals surface area (Å²) in [5, 5.41) is 4.23. The fraction of sp³-hybridized carbons (Fsp3) is 0.636. The Bertz CT molecular complexity index is 356. The molecule has 4 heteroatoms. The number of ether oxygens (including phenoxy) is 1. The summed E-state index contributed by atoms with van der Waals surface area (Å²) in [5.74, 6) is -0.288. The quantitative estimate of drug-likeness (QED) is 0.514. The first kappa shape index (κ1) is 10.3. The second-order valence-electron chi connectivity index (χ2n) is 4.21. The molecule has 4 nitrogen and oxygen atoms in total. The Morgan fingerprint density at radius 1 is 1.47 bits per heavy atom. The van der Waals surface area contributed by atoms with Gasteiger partial charge in [0.05, 0.1) is 6.10 Å². The first-order chi connectivity index (χ1) is 7.09. The summed E-state index contributed by atoms with van der Waals surface area (Å²) in [6, 6.07) is 0.513. The van der Waals surface area contributed by atoms with Crippen LogP contribution in [0.5, 0.6) is 0 Å². The van der Waals surface area contributed by atoms with E-state index in [-0.39, 0.29) is 12.1 Å². The summed E-state index contributed by atoms with van der Waals surface area (Å²) in [5.41, 5.74) is 2.27. The van der Waals surface area contributed by atoms with Crippen LogP contribution in [0.15, 0.2) is 16.4 Å². The molecular weight excluding hydrogens is 192 g/mol. The summed E-state index contributed by atoms with van der Waals surface area (Å²) in [6.45, 7) is 3.70. The number of carbonyl (C=O) groups excluding carboxylic acids is 1. The molecule has 0 fully saturated rings. The van der Waals surface area contributed by atoms with Crippen LogP contribution in [0, 0.1) is 6.04 Å². The molecule has 81 valence electrons. The van der Waals surface area contributed by atoms with Gasteiger partial charge in [-0.2, -0.15) is 0 Å². The molecule has 0 amide bonds. The Kier molecular flexibility index (Phi) is 2.59. The molecule has 2 aliphatic rings. The second kappa shape index (κ2) is 3.76. The number of nitrogens with zero attached hydrogens (tertiary/aromatic N) is 2. The van der Waals surface area contributed by atoms with E-state index >= 15 is 0 Å². The van der Waals surface area contributed by atoms with E-state index < -0.39 is 0 Å². The topological polar surface area (TPSA) is 41.7 Å². The molecular formula is C11H16N2O2+. The van der Waals surface area contributed by atoms with E-state index in [1.54, 1.807) is 4.70 Å². The average molecular weight is 208 g/mol. The molecule has 0 aromatic rings. The van der Waals surface area contributed by atoms with E-state index in [9.17, 15) is 4.79 Å². The normalized spacial score (nSPS) is 20.9. The molecule has 0 aromatic heterocycles. The lowest BCUT2D eigenvalue weighted by Crippen LogP contribution is -2.18. The maximum Gasteiger partial charge on any atom is 0.349 e. The Hall–Kier alpha value is -1.19. The zero-order valence-electron chi connectivity index (χ0n) is 9.41. The van der Waals surface area contributed by atoms with Crippen molar-refractivity contribution in [1.82, 2.24) is 0 Å². The van der Waals surface area contributed by atoms with Gasteiger partial charge in [0.25, 0.3) is 6.04 Å². The van der Waals surface area contributed by atoms with Gasteiger partial charge in [0.15, 0.2) is 7.05 Å². The van der Waals surface area contributed by atoms with Gasteiger partial charge >= 0.3 is 5.97 Å². The molecule has 2 rings (SSSR count). The van der Waals surface area contributed by atoms with Crippen LogP contribution in [0.4, 0.5) is 0 Å². The highest BCUT2D eigenvalue weighted by Crippen LogP contribution is 2.39. The molecule has 0 saturated carbocycles. The fourth-order valence-electron chi connectivity index (χ4n) is 2.04. The standard InChI is InChI=1S/C11H16N2O2/c1-7(2)15-11(14)10-8-5-4-6-9(8)13(3)12-10/h7H,4-6H2,1-3H3/q+1. The summed E-state index contributed by atoms with van der Waals surface area (Å²) in [7, 11) is 1.89. The first-order valence-electron chi connectivity index (χ1n) is 5.35. The van der Waals surface area contributed by atoms with Crippen molar-refractivity contribution < 1.29 is 14.2 Å². The number of allylic oxidation sites excluding steroid dienone is 1. The number of hydrogen-bond acceptors (Lipinski definition) is 3. The van der Waals surface area contributed by atoms with Gasteiger partial charge in [-0.15, -0.1) is 0 Å². The van der Waals surface area contributed by atoms with E-state index in [2.05, 4.69) is 5.11 Å². The second-order valence-corrected chi connectivity index (χ2v) is 4.21. The molecule has 1 radical (unpaired) electrons. The van der Waals surface area contributed by atoms with Crippen LogP contribution in [0.3, 0.4) is 0 Å². The highest BCUT2D eigenvalue weighted by atomic mass is 16.5. The minimum absolute atomic E-state index is 0.0865. The van der Waals surface area contributed by atoms with Crippen LogP contribution in [-0.2, 0) is 9.53 Å². The molecule has 1 heterocycles. The smallest absolute Gasteiger partial charge is 0.349 e. The molecule has 0 saturated heterocycles. The highest BCUT2D eigenvalue weighted by molar-refractivity contribution is 5.89. The predicted molar refractivity (Wildman–Crippen MR) is 54.0 cm³/mol. The predicted octanol–water partition coefficient (Wildman–Crippen LogP) is 2.02. The van der Waals surface area contributed by atoms with Gasteiger partial charge in [0.2, 0.25) is 5.70 Å². The van der Waals surface area contributed by atoms with Crippen molar-refractivity contribution >= 4 is 5.97 Å². The summed E-state index contributed by atoms with van der Waals surface area (Å²) in [6.07, 6.45) is 3.00. The van der Waals surface area contributed by atoms with Gasteiger partial charge in [-0.25, -0.2) is 4.79 Å². The molecule has 1 aliphatic carbocycles. The van der Waals surface area contributed by atoms with Crippen LogP contribution in [0.2, 0.25) is 0 Å². The van der Waals surface area contributed by atoms with Crippen molar-refractivity contribution in [1.29, 1.82) is 0 Å². The third kappa shape index (κ3) is 1.80. The molecule has 1 aliphatic heterocycles. The summed E-state index contributed by atoms with van der Waals surface area (Å²) in [4.78, 5) is 11.7. The van der Waals surface area contributed by atoms with E-state index in [0.717, 1.165) is 24.8 Å². The Morgan fingerprint density at radius 2 is 2.20 bits per heavy atom. The van der Waals surface area contributed by atoms with Crippen molar-refractivity contribution in [2.75, 3.05) is 7.05 Å². The Morgan fingerprint density at radius 3 is 2.87 bits per heavy atom. The van der Waals surface area contributed by atoms with Gasteiger partial charge in [-0.3, -0.25) is 0 Å². The minimum atomic E-state index is -0.288. The van der Waals surface area contributed by atoms with Gasteiger partial charge < -0.3 is 4.74 Å². The molecule has 0 atom stereocenters. The van der Waals surface area contributed by atoms with Crippen molar-refractivity contribution in [2.45, 2.75) is 39.2 Å². The number of hydrogen-bond donors (Lipinski definition) is 0.